The number of rotatable bonds is 5. The van der Waals surface area contributed by atoms with Crippen LogP contribution in [0.2, 0.25) is 0 Å². The van der Waals surface area contributed by atoms with E-state index >= 15 is 0 Å². The van der Waals surface area contributed by atoms with Crippen LogP contribution in [0.5, 0.6) is 0 Å². The molecule has 0 amide bonds. The number of hydrogen-bond donors (Lipinski definition) is 1. The predicted molar refractivity (Wildman–Crippen MR) is 97.4 cm³/mol. The summed E-state index contributed by atoms with van der Waals surface area (Å²) < 4.78 is 38.2. The Morgan fingerprint density at radius 1 is 1.22 bits per heavy atom. The molecular weight excluding hydrogens is 420 g/mol. The zero-order chi connectivity index (χ0) is 16.2. The van der Waals surface area contributed by atoms with Crippen LogP contribution in [0.4, 0.5) is 13.2 Å². The van der Waals surface area contributed by atoms with Gasteiger partial charge in [-0.15, -0.1) is 24.0 Å². The Hall–Kier alpha value is -0.250. The fraction of sp³-hybridized carbons (Fsp3) is 0.933. The molecule has 1 saturated heterocycles. The van der Waals surface area contributed by atoms with Crippen LogP contribution in [0, 0.1) is 5.92 Å². The molecule has 1 N–H and O–H groups in total. The monoisotopic (exact) mass is 448 g/mol. The number of nitrogens with zero attached hydrogens (tertiary/aromatic N) is 3. The largest absolute Gasteiger partial charge is 0.403 e. The van der Waals surface area contributed by atoms with Crippen LogP contribution >= 0.6 is 24.0 Å². The van der Waals surface area contributed by atoms with Gasteiger partial charge in [-0.1, -0.05) is 12.8 Å². The van der Waals surface area contributed by atoms with E-state index in [-0.39, 0.29) is 24.0 Å². The Morgan fingerprint density at radius 2 is 1.83 bits per heavy atom. The minimum absolute atomic E-state index is 0. The molecule has 1 aliphatic heterocycles. The molecule has 0 aromatic heterocycles. The summed E-state index contributed by atoms with van der Waals surface area (Å²) in [7, 11) is 1.73. The maximum Gasteiger partial charge on any atom is 0.403 e. The second-order valence-corrected chi connectivity index (χ2v) is 6.30. The number of nitrogens with one attached hydrogen (secondary N) is 1. The van der Waals surface area contributed by atoms with E-state index in [1.807, 2.05) is 0 Å². The molecule has 1 heterocycles. The van der Waals surface area contributed by atoms with E-state index in [1.54, 1.807) is 7.05 Å². The van der Waals surface area contributed by atoms with Crippen LogP contribution < -0.4 is 5.32 Å². The lowest BCUT2D eigenvalue weighted by atomic mass is 10.2. The Morgan fingerprint density at radius 3 is 2.30 bits per heavy atom. The number of piperazine rings is 1. The molecule has 1 aliphatic carbocycles. The van der Waals surface area contributed by atoms with Crippen molar-refractivity contribution in [3.63, 3.8) is 0 Å². The molecule has 1 saturated carbocycles. The van der Waals surface area contributed by atoms with Crippen molar-refractivity contribution < 1.29 is 13.2 Å². The second kappa shape index (κ2) is 9.29. The van der Waals surface area contributed by atoms with E-state index < -0.39 is 12.2 Å². The summed E-state index contributed by atoms with van der Waals surface area (Å²) >= 11 is 0. The van der Waals surface area contributed by atoms with Crippen molar-refractivity contribution in [3.05, 3.63) is 0 Å². The molecule has 1 atom stereocenters. The van der Waals surface area contributed by atoms with Crippen LogP contribution in [-0.4, -0.2) is 67.7 Å². The Labute approximate surface area is 153 Å². The average molecular weight is 448 g/mol. The lowest BCUT2D eigenvalue weighted by molar-refractivity contribution is -0.181. The number of guanidine groups is 1. The van der Waals surface area contributed by atoms with Crippen LogP contribution in [0.1, 0.15) is 32.6 Å². The van der Waals surface area contributed by atoms with Crippen LogP contribution in [0.3, 0.4) is 0 Å². The maximum absolute atomic E-state index is 12.7. The number of aliphatic imine (C=N–C) groups is 1. The highest BCUT2D eigenvalue weighted by molar-refractivity contribution is 14.0. The van der Waals surface area contributed by atoms with Gasteiger partial charge in [0.05, 0.1) is 0 Å². The molecular formula is C15H28F3IN4. The molecule has 136 valence electrons. The molecule has 2 fully saturated rings. The third-order valence-electron chi connectivity index (χ3n) is 4.62. The van der Waals surface area contributed by atoms with Gasteiger partial charge in [0.15, 0.2) is 5.96 Å². The smallest absolute Gasteiger partial charge is 0.356 e. The van der Waals surface area contributed by atoms with Crippen LogP contribution in [-0.2, 0) is 0 Å². The fourth-order valence-corrected chi connectivity index (χ4v) is 2.86. The van der Waals surface area contributed by atoms with E-state index in [9.17, 15) is 13.2 Å². The first kappa shape index (κ1) is 20.8. The van der Waals surface area contributed by atoms with E-state index in [1.165, 1.54) is 31.1 Å². The quantitative estimate of drug-likeness (QED) is 0.304. The summed E-state index contributed by atoms with van der Waals surface area (Å²) in [5, 5.41) is 3.33. The minimum Gasteiger partial charge on any atom is -0.356 e. The normalized spacial score (nSPS) is 21.8. The van der Waals surface area contributed by atoms with E-state index in [0.29, 0.717) is 26.2 Å². The average Bonchev–Trinajstić information content (AvgIpc) is 3.30. The molecule has 2 rings (SSSR count). The van der Waals surface area contributed by atoms with Crippen molar-refractivity contribution in [1.82, 2.24) is 15.1 Å². The van der Waals surface area contributed by atoms with E-state index in [0.717, 1.165) is 24.8 Å². The molecule has 8 heteroatoms. The number of halogens is 4. The SMILES string of the molecule is CN=C(NCCCC1CC1)N1CCN(C(C)C(F)(F)F)CC1.I. The Balaban J connectivity index is 0.00000264. The maximum atomic E-state index is 12.7. The van der Waals surface area contributed by atoms with Crippen LogP contribution in [0.25, 0.3) is 0 Å². The van der Waals surface area contributed by atoms with Gasteiger partial charge in [0, 0.05) is 39.8 Å². The summed E-state index contributed by atoms with van der Waals surface area (Å²) in [6.07, 6.45) is 0.989. The van der Waals surface area contributed by atoms with Gasteiger partial charge in [-0.25, -0.2) is 0 Å². The highest BCUT2D eigenvalue weighted by atomic mass is 127. The highest BCUT2D eigenvalue weighted by Crippen LogP contribution is 2.33. The van der Waals surface area contributed by atoms with E-state index in [2.05, 4.69) is 15.2 Å². The summed E-state index contributed by atoms with van der Waals surface area (Å²) in [4.78, 5) is 7.80. The molecule has 2 aliphatic rings. The highest BCUT2D eigenvalue weighted by Gasteiger charge is 2.41. The zero-order valence-electron chi connectivity index (χ0n) is 13.9. The third kappa shape index (κ3) is 6.64. The molecule has 23 heavy (non-hydrogen) atoms. The lowest BCUT2D eigenvalue weighted by Gasteiger charge is -2.39. The van der Waals surface area contributed by atoms with Gasteiger partial charge in [0.25, 0.3) is 0 Å². The number of hydrogen-bond acceptors (Lipinski definition) is 2. The van der Waals surface area contributed by atoms with Gasteiger partial charge >= 0.3 is 6.18 Å². The third-order valence-corrected chi connectivity index (χ3v) is 4.62. The first-order valence-corrected chi connectivity index (χ1v) is 8.18. The Bertz CT molecular complexity index is 377. The van der Waals surface area contributed by atoms with Crippen molar-refractivity contribution in [2.45, 2.75) is 44.8 Å². The molecule has 0 aromatic carbocycles. The summed E-state index contributed by atoms with van der Waals surface area (Å²) in [5.41, 5.74) is 0. The summed E-state index contributed by atoms with van der Waals surface area (Å²) in [6, 6.07) is -1.37. The molecule has 4 nitrogen and oxygen atoms in total. The molecule has 1 unspecified atom stereocenters. The zero-order valence-corrected chi connectivity index (χ0v) is 16.2. The molecule has 0 bridgehead atoms. The van der Waals surface area contributed by atoms with Gasteiger partial charge in [0.2, 0.25) is 0 Å². The standard InChI is InChI=1S/C15H27F3N4.HI/c1-12(15(16,17)18)21-8-10-22(11-9-21)14(19-2)20-7-3-4-13-5-6-13;/h12-13H,3-11H2,1-2H3,(H,19,20);1H. The van der Waals surface area contributed by atoms with Gasteiger partial charge in [-0.05, 0) is 25.7 Å². The van der Waals surface area contributed by atoms with Crippen molar-refractivity contribution in [2.24, 2.45) is 10.9 Å². The van der Waals surface area contributed by atoms with Gasteiger partial charge in [-0.2, -0.15) is 13.2 Å². The number of alkyl halides is 3. The second-order valence-electron chi connectivity index (χ2n) is 6.30. The first-order valence-electron chi connectivity index (χ1n) is 8.18. The predicted octanol–water partition coefficient (Wildman–Crippen LogP) is 2.94. The molecule has 0 spiro atoms. The van der Waals surface area contributed by atoms with Gasteiger partial charge < -0.3 is 10.2 Å². The summed E-state index contributed by atoms with van der Waals surface area (Å²) in [6.45, 7) is 4.14. The van der Waals surface area contributed by atoms with Crippen molar-refractivity contribution >= 4 is 29.9 Å². The van der Waals surface area contributed by atoms with Crippen molar-refractivity contribution in [1.29, 1.82) is 0 Å². The molecule has 0 aromatic rings. The van der Waals surface area contributed by atoms with Crippen molar-refractivity contribution in [2.75, 3.05) is 39.8 Å². The first-order chi connectivity index (χ1) is 10.4. The lowest BCUT2D eigenvalue weighted by Crippen LogP contribution is -2.56. The fourth-order valence-electron chi connectivity index (χ4n) is 2.86. The van der Waals surface area contributed by atoms with Gasteiger partial charge in [-0.3, -0.25) is 9.89 Å². The Kier molecular flexibility index (Phi) is 8.40. The van der Waals surface area contributed by atoms with Crippen LogP contribution in [0.15, 0.2) is 4.99 Å². The topological polar surface area (TPSA) is 30.9 Å². The molecule has 0 radical (unpaired) electrons. The minimum atomic E-state index is -4.15. The van der Waals surface area contributed by atoms with E-state index in [4.69, 9.17) is 0 Å². The summed E-state index contributed by atoms with van der Waals surface area (Å²) in [5.74, 6) is 1.74. The van der Waals surface area contributed by atoms with Crippen molar-refractivity contribution in [3.8, 4) is 0 Å². The van der Waals surface area contributed by atoms with Gasteiger partial charge in [0.1, 0.15) is 6.04 Å².